The van der Waals surface area contributed by atoms with Crippen molar-refractivity contribution in [3.05, 3.63) is 0 Å². The van der Waals surface area contributed by atoms with Gasteiger partial charge < -0.3 is 10.6 Å². The fourth-order valence-electron chi connectivity index (χ4n) is 2.44. The van der Waals surface area contributed by atoms with Crippen molar-refractivity contribution >= 4 is 5.91 Å². The van der Waals surface area contributed by atoms with E-state index in [2.05, 4.69) is 17.6 Å². The minimum absolute atomic E-state index is 0.166. The van der Waals surface area contributed by atoms with E-state index < -0.39 is 0 Å². The fraction of sp³-hybridized carbons (Fsp3) is 0.923. The first-order valence-electron chi connectivity index (χ1n) is 6.78. The average molecular weight is 224 g/mol. The molecule has 2 N–H and O–H groups in total. The minimum Gasteiger partial charge on any atom is -0.355 e. The van der Waals surface area contributed by atoms with Crippen molar-refractivity contribution in [1.29, 1.82) is 0 Å². The van der Waals surface area contributed by atoms with E-state index >= 15 is 0 Å². The molecule has 3 heteroatoms. The summed E-state index contributed by atoms with van der Waals surface area (Å²) >= 11 is 0. The third kappa shape index (κ3) is 3.78. The van der Waals surface area contributed by atoms with Crippen LogP contribution < -0.4 is 10.6 Å². The van der Waals surface area contributed by atoms with Gasteiger partial charge in [0.2, 0.25) is 5.91 Å². The first-order valence-corrected chi connectivity index (χ1v) is 6.78. The number of carbonyl (C=O) groups excluding carboxylic acids is 1. The van der Waals surface area contributed by atoms with Crippen molar-refractivity contribution in [1.82, 2.24) is 10.6 Å². The molecule has 0 unspecified atom stereocenters. The van der Waals surface area contributed by atoms with Crippen molar-refractivity contribution in [2.75, 3.05) is 19.6 Å². The van der Waals surface area contributed by atoms with Crippen LogP contribution in [0.5, 0.6) is 0 Å². The summed E-state index contributed by atoms with van der Waals surface area (Å²) in [7, 11) is 0. The first-order chi connectivity index (χ1) is 7.81. The molecule has 0 atom stereocenters. The summed E-state index contributed by atoms with van der Waals surface area (Å²) in [6, 6.07) is 0. The summed E-state index contributed by atoms with van der Waals surface area (Å²) in [5.74, 6) is 2.81. The van der Waals surface area contributed by atoms with E-state index in [1.807, 2.05) is 0 Å². The van der Waals surface area contributed by atoms with Gasteiger partial charge in [0.25, 0.3) is 0 Å². The molecule has 92 valence electrons. The first kappa shape index (κ1) is 11.9. The lowest BCUT2D eigenvalue weighted by Gasteiger charge is -2.16. The standard InChI is InChI=1S/C13H24N2O/c1-2-7-14-9-13(16)15-8-12(10-3-4-10)11-5-6-11/h10-12,14H,2-9H2,1H3,(H,15,16). The molecule has 0 spiro atoms. The smallest absolute Gasteiger partial charge is 0.233 e. The molecule has 0 bridgehead atoms. The van der Waals surface area contributed by atoms with Gasteiger partial charge in [0.05, 0.1) is 6.54 Å². The lowest BCUT2D eigenvalue weighted by Crippen LogP contribution is -2.37. The second kappa shape index (κ2) is 5.67. The molecule has 0 radical (unpaired) electrons. The zero-order chi connectivity index (χ0) is 11.4. The van der Waals surface area contributed by atoms with Crippen LogP contribution >= 0.6 is 0 Å². The molecule has 2 saturated carbocycles. The summed E-state index contributed by atoms with van der Waals surface area (Å²) < 4.78 is 0. The highest BCUT2D eigenvalue weighted by Gasteiger charge is 2.41. The Bertz CT molecular complexity index is 222. The molecule has 3 nitrogen and oxygen atoms in total. The highest BCUT2D eigenvalue weighted by atomic mass is 16.1. The van der Waals surface area contributed by atoms with E-state index in [-0.39, 0.29) is 5.91 Å². The molecule has 16 heavy (non-hydrogen) atoms. The number of hydrogen-bond acceptors (Lipinski definition) is 2. The van der Waals surface area contributed by atoms with Gasteiger partial charge in [-0.1, -0.05) is 6.92 Å². The number of amides is 1. The summed E-state index contributed by atoms with van der Waals surface area (Å²) in [6.07, 6.45) is 6.66. The lowest BCUT2D eigenvalue weighted by atomic mass is 9.98. The highest BCUT2D eigenvalue weighted by molar-refractivity contribution is 5.77. The summed E-state index contributed by atoms with van der Waals surface area (Å²) in [5.41, 5.74) is 0. The lowest BCUT2D eigenvalue weighted by molar-refractivity contribution is -0.120. The van der Waals surface area contributed by atoms with E-state index in [4.69, 9.17) is 0 Å². The predicted octanol–water partition coefficient (Wildman–Crippen LogP) is 1.54. The van der Waals surface area contributed by atoms with Crippen molar-refractivity contribution in [2.45, 2.75) is 39.0 Å². The molecule has 0 aliphatic heterocycles. The van der Waals surface area contributed by atoms with Gasteiger partial charge in [-0.05, 0) is 56.4 Å². The zero-order valence-corrected chi connectivity index (χ0v) is 10.3. The van der Waals surface area contributed by atoms with Crippen LogP contribution in [-0.4, -0.2) is 25.5 Å². The van der Waals surface area contributed by atoms with Crippen molar-refractivity contribution in [3.8, 4) is 0 Å². The van der Waals surface area contributed by atoms with E-state index in [9.17, 15) is 4.79 Å². The quantitative estimate of drug-likeness (QED) is 0.614. The molecule has 0 aromatic carbocycles. The Morgan fingerprint density at radius 3 is 2.38 bits per heavy atom. The summed E-state index contributed by atoms with van der Waals surface area (Å²) in [4.78, 5) is 11.5. The normalized spacial score (nSPS) is 20.1. The molecule has 0 aromatic rings. The number of hydrogen-bond donors (Lipinski definition) is 2. The maximum absolute atomic E-state index is 11.5. The second-order valence-corrected chi connectivity index (χ2v) is 5.32. The third-order valence-corrected chi connectivity index (χ3v) is 3.70. The maximum atomic E-state index is 11.5. The van der Waals surface area contributed by atoms with Gasteiger partial charge in [0.15, 0.2) is 0 Å². The molecule has 2 fully saturated rings. The Kier molecular flexibility index (Phi) is 4.22. The van der Waals surface area contributed by atoms with Crippen LogP contribution in [0.25, 0.3) is 0 Å². The second-order valence-electron chi connectivity index (χ2n) is 5.32. The van der Waals surface area contributed by atoms with E-state index in [1.54, 1.807) is 0 Å². The van der Waals surface area contributed by atoms with Crippen molar-refractivity contribution < 1.29 is 4.79 Å². The zero-order valence-electron chi connectivity index (χ0n) is 10.3. The molecule has 2 aliphatic carbocycles. The van der Waals surface area contributed by atoms with Gasteiger partial charge in [0, 0.05) is 6.54 Å². The Morgan fingerprint density at radius 2 is 1.88 bits per heavy atom. The average Bonchev–Trinajstić information content (AvgIpc) is 3.13. The Morgan fingerprint density at radius 1 is 1.25 bits per heavy atom. The van der Waals surface area contributed by atoms with E-state index in [0.29, 0.717) is 6.54 Å². The van der Waals surface area contributed by atoms with Crippen LogP contribution in [0.15, 0.2) is 0 Å². The summed E-state index contributed by atoms with van der Waals surface area (Å²) in [5, 5.41) is 6.22. The topological polar surface area (TPSA) is 41.1 Å². The Hall–Kier alpha value is -0.570. The van der Waals surface area contributed by atoms with Crippen LogP contribution in [0.2, 0.25) is 0 Å². The SMILES string of the molecule is CCCNCC(=O)NCC(C1CC1)C1CC1. The maximum Gasteiger partial charge on any atom is 0.233 e. The molecule has 0 heterocycles. The predicted molar refractivity (Wildman–Crippen MR) is 65.1 cm³/mol. The van der Waals surface area contributed by atoms with Gasteiger partial charge in [-0.15, -0.1) is 0 Å². The fourth-order valence-corrected chi connectivity index (χ4v) is 2.44. The number of nitrogens with one attached hydrogen (secondary N) is 2. The van der Waals surface area contributed by atoms with Gasteiger partial charge >= 0.3 is 0 Å². The van der Waals surface area contributed by atoms with Crippen LogP contribution in [-0.2, 0) is 4.79 Å². The van der Waals surface area contributed by atoms with Crippen LogP contribution in [0, 0.1) is 17.8 Å². The van der Waals surface area contributed by atoms with Crippen LogP contribution in [0.3, 0.4) is 0 Å². The van der Waals surface area contributed by atoms with Crippen LogP contribution in [0.4, 0.5) is 0 Å². The largest absolute Gasteiger partial charge is 0.355 e. The van der Waals surface area contributed by atoms with Gasteiger partial charge in [-0.2, -0.15) is 0 Å². The van der Waals surface area contributed by atoms with Gasteiger partial charge in [-0.25, -0.2) is 0 Å². The van der Waals surface area contributed by atoms with Crippen LogP contribution in [0.1, 0.15) is 39.0 Å². The monoisotopic (exact) mass is 224 g/mol. The molecule has 1 amide bonds. The summed E-state index contributed by atoms with van der Waals surface area (Å²) in [6.45, 7) is 4.45. The number of carbonyl (C=O) groups is 1. The molecule has 2 aliphatic rings. The molecule has 0 saturated heterocycles. The van der Waals surface area contributed by atoms with E-state index in [1.165, 1.54) is 25.7 Å². The molecule has 2 rings (SSSR count). The van der Waals surface area contributed by atoms with Gasteiger partial charge in [-0.3, -0.25) is 4.79 Å². The number of rotatable bonds is 8. The molecular formula is C13H24N2O. The van der Waals surface area contributed by atoms with Gasteiger partial charge in [0.1, 0.15) is 0 Å². The molecular weight excluding hydrogens is 200 g/mol. The Balaban J connectivity index is 1.59. The van der Waals surface area contributed by atoms with Crippen molar-refractivity contribution in [2.24, 2.45) is 17.8 Å². The highest BCUT2D eigenvalue weighted by Crippen LogP contribution is 2.48. The Labute approximate surface area is 98.4 Å². The van der Waals surface area contributed by atoms with Crippen molar-refractivity contribution in [3.63, 3.8) is 0 Å². The van der Waals surface area contributed by atoms with E-state index in [0.717, 1.165) is 37.3 Å². The third-order valence-electron chi connectivity index (χ3n) is 3.70. The molecule has 0 aromatic heterocycles. The minimum atomic E-state index is 0.166.